The van der Waals surface area contributed by atoms with Crippen LogP contribution in [0.15, 0.2) is 0 Å². The second kappa shape index (κ2) is 6.31. The number of methoxy groups -OCH3 is 1. The second-order valence-corrected chi connectivity index (χ2v) is 4.01. The Kier molecular flexibility index (Phi) is 5.05. The number of carbonyl (C=O) groups is 1. The minimum Gasteiger partial charge on any atom is -0.481 e. The normalized spacial score (nSPS) is 11.1. The number of ether oxygens (including phenoxy) is 1. The van der Waals surface area contributed by atoms with E-state index >= 15 is 0 Å². The molecule has 1 heterocycles. The lowest BCUT2D eigenvalue weighted by molar-refractivity contribution is -0.136. The van der Waals surface area contributed by atoms with Gasteiger partial charge in [-0.3, -0.25) is 4.79 Å². The molecule has 1 rings (SSSR count). The minimum absolute atomic E-state index is 0.124. The standard InChI is InChI=1S/C10H18N4O3/c1-13(2)4-5-14-9(7-17-3)8(11-12-14)6-10(15)16/h4-7H2,1-3H3,(H,15,16). The summed E-state index contributed by atoms with van der Waals surface area (Å²) in [6, 6.07) is 0. The Hall–Kier alpha value is -1.47. The fourth-order valence-electron chi connectivity index (χ4n) is 1.42. The SMILES string of the molecule is COCc1c(CC(=O)O)nnn1CCN(C)C. The summed E-state index contributed by atoms with van der Waals surface area (Å²) >= 11 is 0. The number of aliphatic carboxylic acids is 1. The molecule has 1 aromatic rings. The number of hydrogen-bond donors (Lipinski definition) is 1. The van der Waals surface area contributed by atoms with E-state index in [9.17, 15) is 4.79 Å². The first-order valence-electron chi connectivity index (χ1n) is 5.31. The smallest absolute Gasteiger partial charge is 0.309 e. The molecule has 0 radical (unpaired) electrons. The molecule has 0 atom stereocenters. The van der Waals surface area contributed by atoms with Crippen LogP contribution in [-0.2, 0) is 29.1 Å². The molecule has 0 fully saturated rings. The molecule has 17 heavy (non-hydrogen) atoms. The van der Waals surface area contributed by atoms with Crippen LogP contribution in [0, 0.1) is 0 Å². The number of carboxylic acids is 1. The van der Waals surface area contributed by atoms with Gasteiger partial charge in [0, 0.05) is 13.7 Å². The summed E-state index contributed by atoms with van der Waals surface area (Å²) in [6.07, 6.45) is -0.124. The summed E-state index contributed by atoms with van der Waals surface area (Å²) in [5.74, 6) is -0.915. The molecular formula is C10H18N4O3. The fraction of sp³-hybridized carbons (Fsp3) is 0.700. The highest BCUT2D eigenvalue weighted by Crippen LogP contribution is 2.08. The van der Waals surface area contributed by atoms with Gasteiger partial charge in [-0.05, 0) is 14.1 Å². The number of nitrogens with zero attached hydrogens (tertiary/aromatic N) is 4. The van der Waals surface area contributed by atoms with Gasteiger partial charge >= 0.3 is 5.97 Å². The van der Waals surface area contributed by atoms with E-state index in [1.165, 1.54) is 0 Å². The number of hydrogen-bond acceptors (Lipinski definition) is 5. The van der Waals surface area contributed by atoms with Crippen LogP contribution >= 0.6 is 0 Å². The van der Waals surface area contributed by atoms with Crippen LogP contribution in [0.1, 0.15) is 11.4 Å². The van der Waals surface area contributed by atoms with Crippen LogP contribution < -0.4 is 0 Å². The molecule has 0 bridgehead atoms. The Morgan fingerprint density at radius 2 is 2.24 bits per heavy atom. The Labute approximate surface area is 100.0 Å². The Morgan fingerprint density at radius 1 is 1.53 bits per heavy atom. The molecule has 0 saturated carbocycles. The van der Waals surface area contributed by atoms with Crippen molar-refractivity contribution in [1.82, 2.24) is 19.9 Å². The predicted molar refractivity (Wildman–Crippen MR) is 60.6 cm³/mol. The van der Waals surface area contributed by atoms with E-state index in [4.69, 9.17) is 9.84 Å². The van der Waals surface area contributed by atoms with Crippen molar-refractivity contribution in [3.8, 4) is 0 Å². The highest BCUT2D eigenvalue weighted by atomic mass is 16.5. The largest absolute Gasteiger partial charge is 0.481 e. The summed E-state index contributed by atoms with van der Waals surface area (Å²) in [7, 11) is 5.49. The average molecular weight is 242 g/mol. The maximum atomic E-state index is 10.7. The minimum atomic E-state index is -0.915. The van der Waals surface area contributed by atoms with Crippen LogP contribution in [0.2, 0.25) is 0 Å². The summed E-state index contributed by atoms with van der Waals surface area (Å²) in [6.45, 7) is 1.80. The van der Waals surface area contributed by atoms with E-state index in [0.29, 0.717) is 18.8 Å². The summed E-state index contributed by atoms with van der Waals surface area (Å²) < 4.78 is 6.74. The monoisotopic (exact) mass is 242 g/mol. The van der Waals surface area contributed by atoms with Crippen LogP contribution in [0.4, 0.5) is 0 Å². The highest BCUT2D eigenvalue weighted by molar-refractivity contribution is 5.69. The van der Waals surface area contributed by atoms with Gasteiger partial charge in [0.05, 0.1) is 31.0 Å². The Balaban J connectivity index is 2.81. The van der Waals surface area contributed by atoms with Gasteiger partial charge < -0.3 is 14.7 Å². The number of likely N-dealkylation sites (N-methyl/N-ethyl adjacent to an activating group) is 1. The van der Waals surface area contributed by atoms with Crippen molar-refractivity contribution in [1.29, 1.82) is 0 Å². The van der Waals surface area contributed by atoms with Crippen molar-refractivity contribution in [2.75, 3.05) is 27.7 Å². The molecular weight excluding hydrogens is 224 g/mol. The van der Waals surface area contributed by atoms with E-state index < -0.39 is 5.97 Å². The number of carboxylic acid groups (broad SMARTS) is 1. The van der Waals surface area contributed by atoms with Gasteiger partial charge in [-0.25, -0.2) is 4.68 Å². The molecule has 0 aliphatic rings. The topological polar surface area (TPSA) is 80.5 Å². The maximum Gasteiger partial charge on any atom is 0.309 e. The molecule has 1 aromatic heterocycles. The van der Waals surface area contributed by atoms with Crippen LogP contribution in [0.3, 0.4) is 0 Å². The molecule has 0 aromatic carbocycles. The molecule has 0 spiro atoms. The van der Waals surface area contributed by atoms with Crippen molar-refractivity contribution in [3.05, 3.63) is 11.4 Å². The van der Waals surface area contributed by atoms with E-state index in [0.717, 1.165) is 12.2 Å². The van der Waals surface area contributed by atoms with Gasteiger partial charge in [-0.15, -0.1) is 5.10 Å². The summed E-state index contributed by atoms with van der Waals surface area (Å²) in [4.78, 5) is 12.7. The Morgan fingerprint density at radius 3 is 2.76 bits per heavy atom. The third kappa shape index (κ3) is 4.12. The Bertz CT molecular complexity index is 376. The van der Waals surface area contributed by atoms with E-state index in [2.05, 4.69) is 10.3 Å². The second-order valence-electron chi connectivity index (χ2n) is 4.01. The van der Waals surface area contributed by atoms with Crippen molar-refractivity contribution in [3.63, 3.8) is 0 Å². The number of rotatable bonds is 7. The lowest BCUT2D eigenvalue weighted by atomic mass is 10.2. The molecule has 0 saturated heterocycles. The van der Waals surface area contributed by atoms with Crippen molar-refractivity contribution in [2.45, 2.75) is 19.6 Å². The van der Waals surface area contributed by atoms with Gasteiger partial charge in [-0.1, -0.05) is 5.21 Å². The van der Waals surface area contributed by atoms with Gasteiger partial charge in [0.25, 0.3) is 0 Å². The lowest BCUT2D eigenvalue weighted by Crippen LogP contribution is -2.20. The van der Waals surface area contributed by atoms with Gasteiger partial charge in [0.15, 0.2) is 0 Å². The van der Waals surface area contributed by atoms with E-state index in [-0.39, 0.29) is 6.42 Å². The number of aromatic nitrogens is 3. The van der Waals surface area contributed by atoms with E-state index in [1.807, 2.05) is 19.0 Å². The first kappa shape index (κ1) is 13.6. The van der Waals surface area contributed by atoms with Gasteiger partial charge in [-0.2, -0.15) is 0 Å². The molecule has 1 N–H and O–H groups in total. The molecule has 7 heteroatoms. The zero-order valence-corrected chi connectivity index (χ0v) is 10.4. The van der Waals surface area contributed by atoms with Crippen LogP contribution in [-0.4, -0.2) is 58.7 Å². The summed E-state index contributed by atoms with van der Waals surface area (Å²) in [5.41, 5.74) is 1.20. The average Bonchev–Trinajstić information content (AvgIpc) is 2.58. The fourth-order valence-corrected chi connectivity index (χ4v) is 1.42. The van der Waals surface area contributed by atoms with Gasteiger partial charge in [0.1, 0.15) is 0 Å². The quantitative estimate of drug-likeness (QED) is 0.701. The third-order valence-electron chi connectivity index (χ3n) is 2.28. The van der Waals surface area contributed by atoms with E-state index in [1.54, 1.807) is 11.8 Å². The molecule has 0 aliphatic heterocycles. The molecule has 0 aliphatic carbocycles. The van der Waals surface area contributed by atoms with Crippen molar-refractivity contribution in [2.24, 2.45) is 0 Å². The molecule has 0 unspecified atom stereocenters. The van der Waals surface area contributed by atoms with Crippen molar-refractivity contribution < 1.29 is 14.6 Å². The predicted octanol–water partition coefficient (Wildman–Crippen LogP) is -0.387. The van der Waals surface area contributed by atoms with Crippen LogP contribution in [0.5, 0.6) is 0 Å². The molecule has 0 amide bonds. The molecule has 7 nitrogen and oxygen atoms in total. The third-order valence-corrected chi connectivity index (χ3v) is 2.28. The first-order chi connectivity index (χ1) is 8.04. The highest BCUT2D eigenvalue weighted by Gasteiger charge is 2.15. The summed E-state index contributed by atoms with van der Waals surface area (Å²) in [5, 5.41) is 16.6. The molecule has 96 valence electrons. The lowest BCUT2D eigenvalue weighted by Gasteiger charge is -2.11. The zero-order chi connectivity index (χ0) is 12.8. The van der Waals surface area contributed by atoms with Gasteiger partial charge in [0.2, 0.25) is 0 Å². The van der Waals surface area contributed by atoms with Crippen molar-refractivity contribution >= 4 is 5.97 Å². The first-order valence-corrected chi connectivity index (χ1v) is 5.31. The zero-order valence-electron chi connectivity index (χ0n) is 10.4. The maximum absolute atomic E-state index is 10.7. The van der Waals surface area contributed by atoms with Crippen LogP contribution in [0.25, 0.3) is 0 Å².